The molecule has 0 radical (unpaired) electrons. The maximum Gasteiger partial charge on any atom is 0.409 e. The minimum atomic E-state index is -0.198. The van der Waals surface area contributed by atoms with Crippen LogP contribution in [0, 0.1) is 5.92 Å². The van der Waals surface area contributed by atoms with Crippen molar-refractivity contribution in [3.8, 4) is 0 Å². The van der Waals surface area contributed by atoms with Crippen LogP contribution in [0.2, 0.25) is 0 Å². The van der Waals surface area contributed by atoms with Gasteiger partial charge < -0.3 is 14.5 Å². The van der Waals surface area contributed by atoms with E-state index >= 15 is 0 Å². The van der Waals surface area contributed by atoms with Gasteiger partial charge in [-0.2, -0.15) is 0 Å². The lowest BCUT2D eigenvalue weighted by atomic mass is 10.1. The van der Waals surface area contributed by atoms with Crippen LogP contribution >= 0.6 is 0 Å². The van der Waals surface area contributed by atoms with Crippen molar-refractivity contribution in [3.63, 3.8) is 0 Å². The predicted octanol–water partition coefficient (Wildman–Crippen LogP) is 2.20. The van der Waals surface area contributed by atoms with E-state index in [1.165, 1.54) is 32.4 Å². The smallest absolute Gasteiger partial charge is 0.409 e. The fraction of sp³-hybridized carbons (Fsp3) is 0.923. The highest BCUT2D eigenvalue weighted by Crippen LogP contribution is 2.08. The molecule has 0 spiro atoms. The van der Waals surface area contributed by atoms with Gasteiger partial charge in [-0.25, -0.2) is 4.79 Å². The number of carbonyl (C=O) groups excluding carboxylic acids is 1. The maximum atomic E-state index is 11.6. The fourth-order valence-electron chi connectivity index (χ4n) is 1.91. The summed E-state index contributed by atoms with van der Waals surface area (Å²) in [5, 5.41) is 0. The molecule has 0 atom stereocenters. The summed E-state index contributed by atoms with van der Waals surface area (Å²) in [7, 11) is 1.81. The van der Waals surface area contributed by atoms with Gasteiger partial charge in [0.15, 0.2) is 0 Å². The maximum absolute atomic E-state index is 11.6. The molecule has 0 N–H and O–H groups in total. The Bertz CT molecular complexity index is 225. The number of ether oxygens (including phenoxy) is 1. The van der Waals surface area contributed by atoms with Crippen LogP contribution < -0.4 is 0 Å². The number of piperidine rings is 1. The van der Waals surface area contributed by atoms with Gasteiger partial charge in [0, 0.05) is 20.1 Å². The first-order valence-electron chi connectivity index (χ1n) is 6.70. The van der Waals surface area contributed by atoms with E-state index in [0.29, 0.717) is 12.5 Å². The second-order valence-corrected chi connectivity index (χ2v) is 5.29. The molecular formula is C13H26N2O2. The van der Waals surface area contributed by atoms with Gasteiger partial charge in [0.25, 0.3) is 0 Å². The second-order valence-electron chi connectivity index (χ2n) is 5.29. The van der Waals surface area contributed by atoms with Crippen LogP contribution in [-0.4, -0.2) is 55.7 Å². The quantitative estimate of drug-likeness (QED) is 0.741. The van der Waals surface area contributed by atoms with E-state index in [-0.39, 0.29) is 6.09 Å². The van der Waals surface area contributed by atoms with Crippen LogP contribution in [0.5, 0.6) is 0 Å². The molecule has 1 heterocycles. The summed E-state index contributed by atoms with van der Waals surface area (Å²) in [6.07, 6.45) is 3.74. The highest BCUT2D eigenvalue weighted by Gasteiger charge is 2.14. The van der Waals surface area contributed by atoms with Crippen molar-refractivity contribution in [3.05, 3.63) is 0 Å². The molecule has 0 aliphatic carbocycles. The van der Waals surface area contributed by atoms with Crippen molar-refractivity contribution in [2.24, 2.45) is 5.92 Å². The van der Waals surface area contributed by atoms with Crippen LogP contribution in [0.15, 0.2) is 0 Å². The lowest BCUT2D eigenvalue weighted by Gasteiger charge is -2.28. The molecule has 0 bridgehead atoms. The lowest BCUT2D eigenvalue weighted by Crippen LogP contribution is -2.39. The van der Waals surface area contributed by atoms with Crippen molar-refractivity contribution in [1.82, 2.24) is 9.80 Å². The summed E-state index contributed by atoms with van der Waals surface area (Å²) < 4.78 is 5.17. The number of likely N-dealkylation sites (tertiary alicyclic amines) is 1. The van der Waals surface area contributed by atoms with Crippen molar-refractivity contribution in [2.75, 3.05) is 39.8 Å². The van der Waals surface area contributed by atoms with Crippen LogP contribution in [0.25, 0.3) is 0 Å². The van der Waals surface area contributed by atoms with Crippen LogP contribution in [0.1, 0.15) is 33.1 Å². The summed E-state index contributed by atoms with van der Waals surface area (Å²) in [5.41, 5.74) is 0. The van der Waals surface area contributed by atoms with Gasteiger partial charge in [-0.05, 0) is 31.8 Å². The minimum Gasteiger partial charge on any atom is -0.449 e. The SMILES string of the molecule is CC(C)COC(=O)N(C)CCN1CCCCC1. The summed E-state index contributed by atoms with van der Waals surface area (Å²) in [6, 6.07) is 0. The Kier molecular flexibility index (Phi) is 6.34. The molecule has 0 aromatic carbocycles. The number of carbonyl (C=O) groups is 1. The normalized spacial score (nSPS) is 17.2. The number of nitrogens with zero attached hydrogens (tertiary/aromatic N) is 2. The lowest BCUT2D eigenvalue weighted by molar-refractivity contribution is 0.0947. The zero-order valence-corrected chi connectivity index (χ0v) is 11.4. The summed E-state index contributed by atoms with van der Waals surface area (Å²) in [6.45, 7) is 8.67. The first-order valence-corrected chi connectivity index (χ1v) is 6.70. The molecule has 0 aromatic heterocycles. The van der Waals surface area contributed by atoms with Gasteiger partial charge in [0.1, 0.15) is 0 Å². The topological polar surface area (TPSA) is 32.8 Å². The average Bonchev–Trinajstić information content (AvgIpc) is 2.34. The van der Waals surface area contributed by atoms with Crippen molar-refractivity contribution in [1.29, 1.82) is 0 Å². The van der Waals surface area contributed by atoms with E-state index in [0.717, 1.165) is 13.1 Å². The van der Waals surface area contributed by atoms with Gasteiger partial charge >= 0.3 is 6.09 Å². The average molecular weight is 242 g/mol. The first-order chi connectivity index (χ1) is 8.09. The Hall–Kier alpha value is -0.770. The van der Waals surface area contributed by atoms with Gasteiger partial charge in [0.05, 0.1) is 6.61 Å². The summed E-state index contributed by atoms with van der Waals surface area (Å²) >= 11 is 0. The fourth-order valence-corrected chi connectivity index (χ4v) is 1.91. The molecule has 1 rings (SSSR count). The van der Waals surface area contributed by atoms with Gasteiger partial charge in [-0.1, -0.05) is 20.3 Å². The monoisotopic (exact) mass is 242 g/mol. The number of amides is 1. The van der Waals surface area contributed by atoms with E-state index in [4.69, 9.17) is 4.74 Å². The molecule has 1 amide bonds. The van der Waals surface area contributed by atoms with E-state index < -0.39 is 0 Å². The Morgan fingerprint density at radius 1 is 1.29 bits per heavy atom. The third-order valence-corrected chi connectivity index (χ3v) is 3.05. The molecule has 1 saturated heterocycles. The summed E-state index contributed by atoms with van der Waals surface area (Å²) in [4.78, 5) is 15.7. The molecule has 0 saturated carbocycles. The van der Waals surface area contributed by atoms with Gasteiger partial charge in [-0.3, -0.25) is 0 Å². The molecule has 1 aliphatic heterocycles. The Labute approximate surface area is 105 Å². The number of hydrogen-bond acceptors (Lipinski definition) is 3. The van der Waals surface area contributed by atoms with Crippen molar-refractivity contribution < 1.29 is 9.53 Å². The Balaban J connectivity index is 2.14. The molecule has 4 nitrogen and oxygen atoms in total. The summed E-state index contributed by atoms with van der Waals surface area (Å²) in [5.74, 6) is 0.398. The minimum absolute atomic E-state index is 0.198. The number of rotatable bonds is 5. The molecular weight excluding hydrogens is 216 g/mol. The third kappa shape index (κ3) is 5.91. The first kappa shape index (κ1) is 14.3. The molecule has 100 valence electrons. The molecule has 1 fully saturated rings. The van der Waals surface area contributed by atoms with E-state index in [1.54, 1.807) is 4.90 Å². The highest BCUT2D eigenvalue weighted by atomic mass is 16.6. The van der Waals surface area contributed by atoms with Crippen LogP contribution in [-0.2, 0) is 4.74 Å². The molecule has 1 aliphatic rings. The van der Waals surface area contributed by atoms with E-state index in [2.05, 4.69) is 4.90 Å². The molecule has 0 unspecified atom stereocenters. The van der Waals surface area contributed by atoms with Crippen LogP contribution in [0.3, 0.4) is 0 Å². The van der Waals surface area contributed by atoms with Gasteiger partial charge in [-0.15, -0.1) is 0 Å². The van der Waals surface area contributed by atoms with Crippen LogP contribution in [0.4, 0.5) is 4.79 Å². The zero-order chi connectivity index (χ0) is 12.7. The van der Waals surface area contributed by atoms with Crippen molar-refractivity contribution >= 4 is 6.09 Å². The second kappa shape index (κ2) is 7.54. The molecule has 4 heteroatoms. The molecule has 17 heavy (non-hydrogen) atoms. The Morgan fingerprint density at radius 2 is 1.94 bits per heavy atom. The predicted molar refractivity (Wildman–Crippen MR) is 69.1 cm³/mol. The van der Waals surface area contributed by atoms with E-state index in [1.807, 2.05) is 20.9 Å². The van der Waals surface area contributed by atoms with Crippen molar-refractivity contribution in [2.45, 2.75) is 33.1 Å². The third-order valence-electron chi connectivity index (χ3n) is 3.05. The zero-order valence-electron chi connectivity index (χ0n) is 11.4. The number of hydrogen-bond donors (Lipinski definition) is 0. The Morgan fingerprint density at radius 3 is 2.53 bits per heavy atom. The van der Waals surface area contributed by atoms with E-state index in [9.17, 15) is 4.79 Å². The largest absolute Gasteiger partial charge is 0.449 e. The standard InChI is InChI=1S/C13H26N2O2/c1-12(2)11-17-13(16)14(3)9-10-15-7-5-4-6-8-15/h12H,4-11H2,1-3H3. The molecule has 0 aromatic rings. The highest BCUT2D eigenvalue weighted by molar-refractivity contribution is 5.67. The number of likely N-dealkylation sites (N-methyl/N-ethyl adjacent to an activating group) is 1. The van der Waals surface area contributed by atoms with Gasteiger partial charge in [0.2, 0.25) is 0 Å².